The lowest BCUT2D eigenvalue weighted by molar-refractivity contribution is 0.395. The first-order chi connectivity index (χ1) is 19.9. The molecule has 0 atom stereocenters. The fraction of sp³-hybridized carbons (Fsp3) is 0.0556. The van der Waals surface area contributed by atoms with Crippen LogP contribution in [-0.4, -0.2) is 11.9 Å². The van der Waals surface area contributed by atoms with Gasteiger partial charge < -0.3 is 9.47 Å². The summed E-state index contributed by atoms with van der Waals surface area (Å²) < 4.78 is 13.1. The maximum Gasteiger partial charge on any atom is 0.138 e. The Balaban J connectivity index is 1.19. The van der Waals surface area contributed by atoms with Crippen LogP contribution in [0.5, 0.6) is 11.5 Å². The van der Waals surface area contributed by atoms with Crippen molar-refractivity contribution in [3.63, 3.8) is 0 Å². The molecule has 0 amide bonds. The number of hydrogen-bond acceptors (Lipinski definition) is 4. The van der Waals surface area contributed by atoms with E-state index in [0.717, 1.165) is 33.0 Å². The van der Waals surface area contributed by atoms with Gasteiger partial charge in [0.15, 0.2) is 0 Å². The molecule has 7 aromatic carbocycles. The Morgan fingerprint density at radius 2 is 0.675 bits per heavy atom. The summed E-state index contributed by atoms with van der Waals surface area (Å²) in [5.41, 5.74) is 0. The van der Waals surface area contributed by atoms with Crippen LogP contribution in [0.25, 0.3) is 43.1 Å². The van der Waals surface area contributed by atoms with Crippen molar-refractivity contribution < 1.29 is 9.47 Å². The molecule has 0 aliphatic carbocycles. The van der Waals surface area contributed by atoms with Gasteiger partial charge in [0, 0.05) is 31.3 Å². The summed E-state index contributed by atoms with van der Waals surface area (Å²) >= 11 is 3.44. The second kappa shape index (κ2) is 11.2. The van der Waals surface area contributed by atoms with E-state index in [0.29, 0.717) is 11.9 Å². The van der Waals surface area contributed by atoms with Crippen molar-refractivity contribution in [1.29, 1.82) is 0 Å². The van der Waals surface area contributed by atoms with Gasteiger partial charge in [0.2, 0.25) is 0 Å². The third kappa shape index (κ3) is 4.74. The van der Waals surface area contributed by atoms with E-state index in [1.807, 2.05) is 0 Å². The first-order valence-corrected chi connectivity index (χ1v) is 15.2. The molecule has 4 heteroatoms. The SMILES string of the molecule is c1ccc2c(SCOc3c4ccccc4c(OCSc4cccc5ccccc45)c4ccccc34)cccc2c1. The largest absolute Gasteiger partial charge is 0.481 e. The number of hydrogen-bond donors (Lipinski definition) is 0. The highest BCUT2D eigenvalue weighted by Crippen LogP contribution is 2.44. The predicted molar refractivity (Wildman–Crippen MR) is 172 cm³/mol. The smallest absolute Gasteiger partial charge is 0.138 e. The van der Waals surface area contributed by atoms with Crippen molar-refractivity contribution in [3.05, 3.63) is 133 Å². The van der Waals surface area contributed by atoms with Crippen molar-refractivity contribution in [3.8, 4) is 11.5 Å². The van der Waals surface area contributed by atoms with Gasteiger partial charge in [0.05, 0.1) is 0 Å². The summed E-state index contributed by atoms with van der Waals surface area (Å²) in [6, 6.07) is 46.6. The average molecular weight is 555 g/mol. The Kier molecular flexibility index (Phi) is 6.95. The van der Waals surface area contributed by atoms with Gasteiger partial charge in [-0.05, 0) is 33.7 Å². The van der Waals surface area contributed by atoms with Crippen molar-refractivity contribution in [1.82, 2.24) is 0 Å². The van der Waals surface area contributed by atoms with Gasteiger partial charge >= 0.3 is 0 Å². The number of rotatable bonds is 8. The zero-order valence-electron chi connectivity index (χ0n) is 21.7. The number of ether oxygens (including phenoxy) is 2. The minimum Gasteiger partial charge on any atom is -0.481 e. The second-order valence-corrected chi connectivity index (χ2v) is 11.4. The molecule has 0 fully saturated rings. The van der Waals surface area contributed by atoms with E-state index >= 15 is 0 Å². The van der Waals surface area contributed by atoms with Crippen LogP contribution in [0, 0.1) is 0 Å². The Hall–Kier alpha value is -4.12. The molecule has 0 saturated heterocycles. The quantitative estimate of drug-likeness (QED) is 0.106. The molecule has 0 aliphatic rings. The van der Waals surface area contributed by atoms with Gasteiger partial charge in [-0.3, -0.25) is 0 Å². The number of benzene rings is 7. The normalized spacial score (nSPS) is 11.4. The lowest BCUT2D eigenvalue weighted by Gasteiger charge is -2.18. The summed E-state index contributed by atoms with van der Waals surface area (Å²) in [4.78, 5) is 2.44. The monoisotopic (exact) mass is 554 g/mol. The Morgan fingerprint density at radius 1 is 0.350 bits per heavy atom. The van der Waals surface area contributed by atoms with Crippen LogP contribution in [0.3, 0.4) is 0 Å². The molecule has 0 bridgehead atoms. The molecule has 0 aliphatic heterocycles. The zero-order valence-corrected chi connectivity index (χ0v) is 23.4. The van der Waals surface area contributed by atoms with Crippen LogP contribution in [-0.2, 0) is 0 Å². The maximum atomic E-state index is 6.56. The zero-order chi connectivity index (χ0) is 26.7. The van der Waals surface area contributed by atoms with Crippen LogP contribution in [0.1, 0.15) is 0 Å². The average Bonchev–Trinajstić information content (AvgIpc) is 3.02. The summed E-state index contributed by atoms with van der Waals surface area (Å²) in [5.74, 6) is 2.82. The Bertz CT molecular complexity index is 1770. The van der Waals surface area contributed by atoms with E-state index in [1.165, 1.54) is 31.3 Å². The Labute approximate surface area is 241 Å². The van der Waals surface area contributed by atoms with Gasteiger partial charge in [-0.1, -0.05) is 145 Å². The van der Waals surface area contributed by atoms with E-state index in [1.54, 1.807) is 23.5 Å². The highest BCUT2D eigenvalue weighted by atomic mass is 32.2. The first-order valence-electron chi connectivity index (χ1n) is 13.3. The highest BCUT2D eigenvalue weighted by Gasteiger charge is 2.16. The van der Waals surface area contributed by atoms with Crippen molar-refractivity contribution in [2.45, 2.75) is 9.79 Å². The van der Waals surface area contributed by atoms with Crippen molar-refractivity contribution >= 4 is 66.6 Å². The molecule has 7 rings (SSSR count). The van der Waals surface area contributed by atoms with Crippen LogP contribution >= 0.6 is 23.5 Å². The summed E-state index contributed by atoms with van der Waals surface area (Å²) in [5, 5.41) is 9.23. The summed E-state index contributed by atoms with van der Waals surface area (Å²) in [6.45, 7) is 0. The van der Waals surface area contributed by atoms with Gasteiger partial charge in [0.1, 0.15) is 23.4 Å². The van der Waals surface area contributed by atoms with E-state index in [2.05, 4.69) is 133 Å². The van der Waals surface area contributed by atoms with Crippen LogP contribution in [0.2, 0.25) is 0 Å². The third-order valence-electron chi connectivity index (χ3n) is 7.17. The molecule has 0 saturated carbocycles. The van der Waals surface area contributed by atoms with Crippen LogP contribution in [0.15, 0.2) is 143 Å². The second-order valence-electron chi connectivity index (χ2n) is 9.52. The maximum absolute atomic E-state index is 6.56. The molecular weight excluding hydrogens is 529 g/mol. The predicted octanol–water partition coefficient (Wildman–Crippen LogP) is 10.6. The van der Waals surface area contributed by atoms with E-state index in [-0.39, 0.29) is 0 Å². The van der Waals surface area contributed by atoms with Crippen molar-refractivity contribution in [2.75, 3.05) is 11.9 Å². The van der Waals surface area contributed by atoms with E-state index in [9.17, 15) is 0 Å². The standard InChI is InChI=1S/C36H26O2S2/c1-3-15-27-25(11-1)13-9-21-33(27)39-23-37-35-29-17-5-7-19-31(29)36(32-20-8-6-18-30(32)35)38-24-40-34-22-10-14-26-12-2-4-16-28(26)34/h1-22H,23-24H2. The molecular formula is C36H26O2S2. The fourth-order valence-corrected chi connectivity index (χ4v) is 6.95. The van der Waals surface area contributed by atoms with Gasteiger partial charge in [-0.2, -0.15) is 0 Å². The summed E-state index contributed by atoms with van der Waals surface area (Å²) in [7, 11) is 0. The number of thioether (sulfide) groups is 2. The fourth-order valence-electron chi connectivity index (χ4n) is 5.31. The molecule has 0 spiro atoms. The van der Waals surface area contributed by atoms with E-state index in [4.69, 9.17) is 9.47 Å². The molecule has 2 nitrogen and oxygen atoms in total. The molecule has 0 N–H and O–H groups in total. The minimum absolute atomic E-state index is 0.513. The molecule has 0 unspecified atom stereocenters. The highest BCUT2D eigenvalue weighted by molar-refractivity contribution is 7.99. The first kappa shape index (κ1) is 24.9. The molecule has 0 radical (unpaired) electrons. The van der Waals surface area contributed by atoms with Gasteiger partial charge in [-0.15, -0.1) is 0 Å². The van der Waals surface area contributed by atoms with Crippen LogP contribution < -0.4 is 9.47 Å². The molecule has 7 aromatic rings. The Morgan fingerprint density at radius 3 is 1.07 bits per heavy atom. The van der Waals surface area contributed by atoms with Gasteiger partial charge in [0.25, 0.3) is 0 Å². The molecule has 0 heterocycles. The molecule has 40 heavy (non-hydrogen) atoms. The topological polar surface area (TPSA) is 18.5 Å². The lowest BCUT2D eigenvalue weighted by atomic mass is 10.0. The summed E-state index contributed by atoms with van der Waals surface area (Å²) in [6.07, 6.45) is 0. The van der Waals surface area contributed by atoms with E-state index < -0.39 is 0 Å². The molecule has 0 aromatic heterocycles. The third-order valence-corrected chi connectivity index (χ3v) is 8.97. The number of fused-ring (bicyclic) bond motifs is 4. The lowest BCUT2D eigenvalue weighted by Crippen LogP contribution is -1.99. The van der Waals surface area contributed by atoms with Crippen LogP contribution in [0.4, 0.5) is 0 Å². The minimum atomic E-state index is 0.513. The van der Waals surface area contributed by atoms with Crippen molar-refractivity contribution in [2.24, 2.45) is 0 Å². The van der Waals surface area contributed by atoms with Gasteiger partial charge in [-0.25, -0.2) is 0 Å². The molecule has 194 valence electrons.